The summed E-state index contributed by atoms with van der Waals surface area (Å²) in [5.74, 6) is 0.636. The average molecular weight is 344 g/mol. The Morgan fingerprint density at radius 3 is 2.48 bits per heavy atom. The molecule has 0 unspecified atom stereocenters. The van der Waals surface area contributed by atoms with E-state index in [1.54, 1.807) is 18.2 Å². The molecule has 1 N–H and O–H groups in total. The molecule has 5 nitrogen and oxygen atoms in total. The molecule has 1 amide bonds. The third-order valence-corrected chi connectivity index (χ3v) is 4.55. The first-order valence-corrected chi connectivity index (χ1v) is 8.17. The molecule has 1 saturated carbocycles. The Morgan fingerprint density at radius 1 is 1.16 bits per heavy atom. The quantitative estimate of drug-likeness (QED) is 0.839. The molecule has 3 rings (SSSR count). The van der Waals surface area contributed by atoms with Gasteiger partial charge in [0, 0.05) is 18.2 Å². The number of aromatic nitrogens is 1. The average Bonchev–Trinajstić information content (AvgIpc) is 3.42. The van der Waals surface area contributed by atoms with Crippen LogP contribution in [0.15, 0.2) is 36.4 Å². The summed E-state index contributed by atoms with van der Waals surface area (Å²) < 4.78 is 23.3. The second kappa shape index (κ2) is 7.09. The van der Waals surface area contributed by atoms with Crippen LogP contribution in [-0.2, 0) is 17.8 Å². The summed E-state index contributed by atoms with van der Waals surface area (Å²) in [6, 6.07) is 9.88. The maximum absolute atomic E-state index is 13.0. The number of amides is 1. The molecule has 1 aliphatic carbocycles. The Hall–Kier alpha value is -2.63. The van der Waals surface area contributed by atoms with E-state index in [0.29, 0.717) is 24.7 Å². The van der Waals surface area contributed by atoms with Crippen LogP contribution in [-0.4, -0.2) is 25.1 Å². The van der Waals surface area contributed by atoms with Gasteiger partial charge in [-0.1, -0.05) is 12.1 Å². The maximum Gasteiger partial charge on any atom is 0.226 e. The molecular weight excluding hydrogens is 323 g/mol. The van der Waals surface area contributed by atoms with Gasteiger partial charge in [0.25, 0.3) is 0 Å². The van der Waals surface area contributed by atoms with Gasteiger partial charge in [0.2, 0.25) is 17.7 Å². The lowest BCUT2D eigenvalue weighted by Crippen LogP contribution is -2.33. The number of nitrogens with one attached hydrogen (secondary N) is 1. The van der Waals surface area contributed by atoms with Gasteiger partial charge in [-0.3, -0.25) is 4.79 Å². The number of carbonyl (C=O) groups is 1. The minimum absolute atomic E-state index is 0.00898. The van der Waals surface area contributed by atoms with Crippen LogP contribution in [0.4, 0.5) is 4.39 Å². The van der Waals surface area contributed by atoms with Crippen LogP contribution in [0.1, 0.15) is 24.0 Å². The zero-order valence-electron chi connectivity index (χ0n) is 14.3. The summed E-state index contributed by atoms with van der Waals surface area (Å²) in [4.78, 5) is 16.8. The van der Waals surface area contributed by atoms with Gasteiger partial charge < -0.3 is 14.8 Å². The number of pyridine rings is 1. The number of nitrogens with zero attached hydrogens (tertiary/aromatic N) is 1. The van der Waals surface area contributed by atoms with Gasteiger partial charge in [-0.2, -0.15) is 4.98 Å². The maximum atomic E-state index is 13.0. The van der Waals surface area contributed by atoms with Crippen LogP contribution in [0.2, 0.25) is 0 Å². The summed E-state index contributed by atoms with van der Waals surface area (Å²) in [7, 11) is 3.07. The van der Waals surface area contributed by atoms with Crippen LogP contribution in [0.25, 0.3) is 0 Å². The van der Waals surface area contributed by atoms with Gasteiger partial charge in [-0.05, 0) is 43.0 Å². The van der Waals surface area contributed by atoms with Gasteiger partial charge in [0.05, 0.1) is 19.6 Å². The van der Waals surface area contributed by atoms with Gasteiger partial charge in [0.1, 0.15) is 5.82 Å². The van der Waals surface area contributed by atoms with Crippen LogP contribution in [0, 0.1) is 11.2 Å². The molecule has 0 spiro atoms. The molecule has 0 bridgehead atoms. The number of halogens is 1. The van der Waals surface area contributed by atoms with E-state index in [-0.39, 0.29) is 17.1 Å². The Kier molecular flexibility index (Phi) is 4.88. The van der Waals surface area contributed by atoms with Crippen molar-refractivity contribution in [2.75, 3.05) is 14.2 Å². The first-order chi connectivity index (χ1) is 12.1. The second-order valence-electron chi connectivity index (χ2n) is 6.29. The van der Waals surface area contributed by atoms with Crippen molar-refractivity contribution in [3.05, 3.63) is 53.3 Å². The molecule has 1 heterocycles. The molecule has 1 fully saturated rings. The van der Waals surface area contributed by atoms with Gasteiger partial charge >= 0.3 is 0 Å². The summed E-state index contributed by atoms with van der Waals surface area (Å²) in [5, 5.41) is 2.97. The van der Waals surface area contributed by atoms with E-state index in [9.17, 15) is 9.18 Å². The molecule has 132 valence electrons. The van der Waals surface area contributed by atoms with E-state index in [4.69, 9.17) is 9.47 Å². The summed E-state index contributed by atoms with van der Waals surface area (Å²) in [6.07, 6.45) is 2.31. The van der Waals surface area contributed by atoms with Crippen LogP contribution < -0.4 is 14.8 Å². The predicted octanol–water partition coefficient (Wildman–Crippen LogP) is 2.88. The number of rotatable bonds is 7. The molecule has 0 atom stereocenters. The van der Waals surface area contributed by atoms with Crippen molar-refractivity contribution >= 4 is 5.91 Å². The lowest BCUT2D eigenvalue weighted by molar-refractivity contribution is -0.126. The second-order valence-corrected chi connectivity index (χ2v) is 6.29. The highest BCUT2D eigenvalue weighted by Crippen LogP contribution is 2.48. The topological polar surface area (TPSA) is 60.5 Å². The zero-order valence-corrected chi connectivity index (χ0v) is 14.3. The SMILES string of the molecule is COc1ccc(CNC(=O)C2(Cc3ccc(F)cc3)CC2)c(OC)n1. The predicted molar refractivity (Wildman–Crippen MR) is 91.0 cm³/mol. The molecular formula is C19H21FN2O3. The van der Waals surface area contributed by atoms with Crippen molar-refractivity contribution < 1.29 is 18.7 Å². The Balaban J connectivity index is 1.63. The van der Waals surface area contributed by atoms with Crippen LogP contribution in [0.3, 0.4) is 0 Å². The van der Waals surface area contributed by atoms with E-state index >= 15 is 0 Å². The number of methoxy groups -OCH3 is 2. The van der Waals surface area contributed by atoms with E-state index < -0.39 is 0 Å². The number of hydrogen-bond acceptors (Lipinski definition) is 4. The standard InChI is InChI=1S/C19H21FN2O3/c1-24-16-8-5-14(17(22-16)25-2)12-21-18(23)19(9-10-19)11-13-3-6-15(20)7-4-13/h3-8H,9-12H2,1-2H3,(H,21,23). The largest absolute Gasteiger partial charge is 0.481 e. The first-order valence-electron chi connectivity index (χ1n) is 8.17. The molecule has 0 radical (unpaired) electrons. The molecule has 1 aromatic carbocycles. The lowest BCUT2D eigenvalue weighted by Gasteiger charge is -2.16. The first kappa shape index (κ1) is 17.2. The fraction of sp³-hybridized carbons (Fsp3) is 0.368. The molecule has 25 heavy (non-hydrogen) atoms. The molecule has 2 aromatic rings. The zero-order chi connectivity index (χ0) is 17.9. The van der Waals surface area contributed by atoms with Gasteiger partial charge in [-0.25, -0.2) is 4.39 Å². The third-order valence-electron chi connectivity index (χ3n) is 4.55. The highest BCUT2D eigenvalue weighted by atomic mass is 19.1. The van der Waals surface area contributed by atoms with Crippen molar-refractivity contribution in [1.82, 2.24) is 10.3 Å². The summed E-state index contributed by atoms with van der Waals surface area (Å²) in [5.41, 5.74) is 1.37. The Labute approximate surface area is 146 Å². The monoisotopic (exact) mass is 344 g/mol. The normalized spacial score (nSPS) is 14.7. The molecule has 1 aliphatic rings. The molecule has 0 saturated heterocycles. The van der Waals surface area contributed by atoms with E-state index in [2.05, 4.69) is 10.3 Å². The molecule has 6 heteroatoms. The minimum atomic E-state index is -0.384. The minimum Gasteiger partial charge on any atom is -0.481 e. The Morgan fingerprint density at radius 2 is 1.88 bits per heavy atom. The lowest BCUT2D eigenvalue weighted by atomic mass is 9.95. The highest BCUT2D eigenvalue weighted by Gasteiger charge is 2.49. The number of hydrogen-bond donors (Lipinski definition) is 1. The van der Waals surface area contributed by atoms with E-state index in [0.717, 1.165) is 24.0 Å². The third kappa shape index (κ3) is 3.90. The van der Waals surface area contributed by atoms with E-state index in [1.807, 2.05) is 6.07 Å². The number of benzene rings is 1. The fourth-order valence-electron chi connectivity index (χ4n) is 2.87. The van der Waals surface area contributed by atoms with Crippen LogP contribution >= 0.6 is 0 Å². The van der Waals surface area contributed by atoms with Crippen molar-refractivity contribution in [1.29, 1.82) is 0 Å². The molecule has 0 aliphatic heterocycles. The van der Waals surface area contributed by atoms with Gasteiger partial charge in [-0.15, -0.1) is 0 Å². The summed E-state index contributed by atoms with van der Waals surface area (Å²) in [6.45, 7) is 0.337. The van der Waals surface area contributed by atoms with Crippen LogP contribution in [0.5, 0.6) is 11.8 Å². The van der Waals surface area contributed by atoms with Crippen molar-refractivity contribution in [3.8, 4) is 11.8 Å². The van der Waals surface area contributed by atoms with Crippen molar-refractivity contribution in [3.63, 3.8) is 0 Å². The fourth-order valence-corrected chi connectivity index (χ4v) is 2.87. The molecule has 1 aromatic heterocycles. The van der Waals surface area contributed by atoms with Crippen molar-refractivity contribution in [2.24, 2.45) is 5.41 Å². The highest BCUT2D eigenvalue weighted by molar-refractivity contribution is 5.85. The van der Waals surface area contributed by atoms with Gasteiger partial charge in [0.15, 0.2) is 0 Å². The number of ether oxygens (including phenoxy) is 2. The van der Waals surface area contributed by atoms with Crippen molar-refractivity contribution in [2.45, 2.75) is 25.8 Å². The number of carbonyl (C=O) groups excluding carboxylic acids is 1. The smallest absolute Gasteiger partial charge is 0.226 e. The Bertz CT molecular complexity index is 758. The summed E-state index contributed by atoms with van der Waals surface area (Å²) >= 11 is 0. The van der Waals surface area contributed by atoms with E-state index in [1.165, 1.54) is 26.4 Å².